The normalized spacial score (nSPS) is 12.7. The first kappa shape index (κ1) is 22.0. The van der Waals surface area contributed by atoms with Crippen LogP contribution in [-0.2, 0) is 16.6 Å². The van der Waals surface area contributed by atoms with E-state index in [9.17, 15) is 4.79 Å². The molecule has 2 aromatic carbocycles. The third kappa shape index (κ3) is 6.70. The molecule has 0 spiro atoms. The molecule has 0 aliphatic rings. The van der Waals surface area contributed by atoms with E-state index < -0.39 is 0 Å². The van der Waals surface area contributed by atoms with Crippen molar-refractivity contribution in [2.75, 3.05) is 7.11 Å². The predicted molar refractivity (Wildman–Crippen MR) is 117 cm³/mol. The summed E-state index contributed by atoms with van der Waals surface area (Å²) >= 11 is 0. The number of rotatable bonds is 8. The van der Waals surface area contributed by atoms with E-state index in [1.54, 1.807) is 7.11 Å². The van der Waals surface area contributed by atoms with Crippen LogP contribution in [0, 0.1) is 5.92 Å². The summed E-state index contributed by atoms with van der Waals surface area (Å²) in [6.45, 7) is 11.0. The van der Waals surface area contributed by atoms with Gasteiger partial charge in [-0.2, -0.15) is 0 Å². The molecule has 2 aromatic rings. The monoisotopic (exact) mass is 381 g/mol. The molecule has 0 aliphatic carbocycles. The Morgan fingerprint density at radius 1 is 1.00 bits per heavy atom. The summed E-state index contributed by atoms with van der Waals surface area (Å²) in [6.07, 6.45) is 2.17. The molecule has 152 valence electrons. The van der Waals surface area contributed by atoms with Gasteiger partial charge in [-0.1, -0.05) is 71.0 Å². The maximum Gasteiger partial charge on any atom is 0.220 e. The molecule has 0 aliphatic heterocycles. The van der Waals surface area contributed by atoms with Crippen molar-refractivity contribution in [3.63, 3.8) is 0 Å². The number of aryl methyl sites for hydroxylation is 1. The van der Waals surface area contributed by atoms with E-state index in [4.69, 9.17) is 4.74 Å². The lowest BCUT2D eigenvalue weighted by molar-refractivity contribution is -0.121. The van der Waals surface area contributed by atoms with Crippen molar-refractivity contribution in [2.24, 2.45) is 5.92 Å². The van der Waals surface area contributed by atoms with Gasteiger partial charge in [0.25, 0.3) is 0 Å². The fourth-order valence-electron chi connectivity index (χ4n) is 3.28. The van der Waals surface area contributed by atoms with Gasteiger partial charge in [0, 0.05) is 6.42 Å². The van der Waals surface area contributed by atoms with Gasteiger partial charge in [0.15, 0.2) is 0 Å². The molecule has 3 nitrogen and oxygen atoms in total. The van der Waals surface area contributed by atoms with E-state index in [2.05, 4.69) is 64.2 Å². The van der Waals surface area contributed by atoms with Crippen LogP contribution in [0.15, 0.2) is 48.5 Å². The van der Waals surface area contributed by atoms with Crippen LogP contribution in [0.5, 0.6) is 5.75 Å². The molecule has 0 saturated carbocycles. The minimum atomic E-state index is 0.0293. The van der Waals surface area contributed by atoms with E-state index >= 15 is 0 Å². The second-order valence-electron chi connectivity index (χ2n) is 8.97. The van der Waals surface area contributed by atoms with Gasteiger partial charge in [0.05, 0.1) is 13.2 Å². The Kier molecular flexibility index (Phi) is 7.68. The molecular weight excluding hydrogens is 346 g/mol. The zero-order chi connectivity index (χ0) is 20.7. The van der Waals surface area contributed by atoms with Gasteiger partial charge >= 0.3 is 0 Å². The minimum absolute atomic E-state index is 0.0293. The summed E-state index contributed by atoms with van der Waals surface area (Å²) in [7, 11) is 1.66. The van der Waals surface area contributed by atoms with Crippen molar-refractivity contribution < 1.29 is 9.53 Å². The molecule has 0 fully saturated rings. The lowest BCUT2D eigenvalue weighted by atomic mass is 9.86. The first-order valence-electron chi connectivity index (χ1n) is 10.2. The minimum Gasteiger partial charge on any atom is -0.497 e. The van der Waals surface area contributed by atoms with E-state index in [0.717, 1.165) is 24.2 Å². The molecule has 1 N–H and O–H groups in total. The van der Waals surface area contributed by atoms with Crippen molar-refractivity contribution in [1.29, 1.82) is 0 Å². The van der Waals surface area contributed by atoms with E-state index in [1.807, 2.05) is 24.3 Å². The Balaban J connectivity index is 1.97. The van der Waals surface area contributed by atoms with Crippen LogP contribution in [0.3, 0.4) is 0 Å². The molecule has 0 heterocycles. The maximum absolute atomic E-state index is 12.6. The lowest BCUT2D eigenvalue weighted by Crippen LogP contribution is -2.29. The molecular formula is C25H35NO2. The zero-order valence-electron chi connectivity index (χ0n) is 18.2. The number of carbonyl (C=O) groups excluding carboxylic acids is 1. The molecule has 1 unspecified atom stereocenters. The highest BCUT2D eigenvalue weighted by molar-refractivity contribution is 5.76. The smallest absolute Gasteiger partial charge is 0.220 e. The summed E-state index contributed by atoms with van der Waals surface area (Å²) in [5.41, 5.74) is 3.79. The second kappa shape index (κ2) is 9.77. The van der Waals surface area contributed by atoms with Crippen LogP contribution in [0.1, 0.15) is 70.2 Å². The van der Waals surface area contributed by atoms with E-state index in [0.29, 0.717) is 12.3 Å². The Bertz CT molecular complexity index is 740. The van der Waals surface area contributed by atoms with Gasteiger partial charge in [0.1, 0.15) is 5.75 Å². The molecule has 0 bridgehead atoms. The van der Waals surface area contributed by atoms with Crippen molar-refractivity contribution in [2.45, 2.75) is 65.3 Å². The molecule has 2 rings (SSSR count). The summed E-state index contributed by atoms with van der Waals surface area (Å²) in [6, 6.07) is 16.6. The molecule has 1 atom stereocenters. The molecule has 0 aromatic heterocycles. The van der Waals surface area contributed by atoms with Crippen LogP contribution in [-0.4, -0.2) is 13.0 Å². The Labute approximate surface area is 170 Å². The van der Waals surface area contributed by atoms with Crippen LogP contribution >= 0.6 is 0 Å². The Morgan fingerprint density at radius 2 is 1.61 bits per heavy atom. The SMILES string of the molecule is COc1ccc(C(CC(C)C)NC(=O)CCc2ccc(C(C)(C)C)cc2)cc1. The highest BCUT2D eigenvalue weighted by Gasteiger charge is 2.17. The predicted octanol–water partition coefficient (Wildman–Crippen LogP) is 5.83. The summed E-state index contributed by atoms with van der Waals surface area (Å²) in [4.78, 5) is 12.6. The Hall–Kier alpha value is -2.29. The third-order valence-electron chi connectivity index (χ3n) is 5.02. The van der Waals surface area contributed by atoms with Gasteiger partial charge < -0.3 is 10.1 Å². The highest BCUT2D eigenvalue weighted by Crippen LogP contribution is 2.24. The van der Waals surface area contributed by atoms with Crippen molar-refractivity contribution >= 4 is 5.91 Å². The van der Waals surface area contributed by atoms with Gasteiger partial charge in [-0.25, -0.2) is 0 Å². The average molecular weight is 382 g/mol. The van der Waals surface area contributed by atoms with Crippen molar-refractivity contribution in [1.82, 2.24) is 5.32 Å². The fraction of sp³-hybridized carbons (Fsp3) is 0.480. The third-order valence-corrected chi connectivity index (χ3v) is 5.02. The van der Waals surface area contributed by atoms with Crippen LogP contribution < -0.4 is 10.1 Å². The first-order chi connectivity index (χ1) is 13.2. The van der Waals surface area contributed by atoms with Gasteiger partial charge in [-0.15, -0.1) is 0 Å². The highest BCUT2D eigenvalue weighted by atomic mass is 16.5. The Morgan fingerprint density at radius 3 is 2.11 bits per heavy atom. The average Bonchev–Trinajstić information content (AvgIpc) is 2.65. The summed E-state index contributed by atoms with van der Waals surface area (Å²) < 4.78 is 5.24. The number of hydrogen-bond acceptors (Lipinski definition) is 2. The lowest BCUT2D eigenvalue weighted by Gasteiger charge is -2.22. The topological polar surface area (TPSA) is 38.3 Å². The van der Waals surface area contributed by atoms with Crippen LogP contribution in [0.4, 0.5) is 0 Å². The molecule has 1 amide bonds. The number of hydrogen-bond donors (Lipinski definition) is 1. The molecule has 0 saturated heterocycles. The van der Waals surface area contributed by atoms with Gasteiger partial charge in [0.2, 0.25) is 5.91 Å². The standard InChI is InChI=1S/C25H35NO2/c1-18(2)17-23(20-10-14-22(28-6)15-11-20)26-24(27)16-9-19-7-12-21(13-8-19)25(3,4)5/h7-8,10-15,18,23H,9,16-17H2,1-6H3,(H,26,27). The number of nitrogens with one attached hydrogen (secondary N) is 1. The van der Waals surface area contributed by atoms with Crippen molar-refractivity contribution in [3.05, 3.63) is 65.2 Å². The number of benzene rings is 2. The summed E-state index contributed by atoms with van der Waals surface area (Å²) in [5.74, 6) is 1.43. The molecule has 0 radical (unpaired) electrons. The quantitative estimate of drug-likeness (QED) is 0.625. The fourth-order valence-corrected chi connectivity index (χ4v) is 3.28. The number of ether oxygens (including phenoxy) is 1. The number of carbonyl (C=O) groups is 1. The second-order valence-corrected chi connectivity index (χ2v) is 8.97. The van der Waals surface area contributed by atoms with E-state index in [1.165, 1.54) is 11.1 Å². The van der Waals surface area contributed by atoms with Crippen molar-refractivity contribution in [3.8, 4) is 5.75 Å². The van der Waals surface area contributed by atoms with Crippen LogP contribution in [0.25, 0.3) is 0 Å². The largest absolute Gasteiger partial charge is 0.497 e. The van der Waals surface area contributed by atoms with E-state index in [-0.39, 0.29) is 17.4 Å². The van der Waals surface area contributed by atoms with Crippen LogP contribution in [0.2, 0.25) is 0 Å². The maximum atomic E-state index is 12.6. The number of methoxy groups -OCH3 is 1. The van der Waals surface area contributed by atoms with Gasteiger partial charge in [-0.3, -0.25) is 4.79 Å². The first-order valence-corrected chi connectivity index (χ1v) is 10.2. The summed E-state index contributed by atoms with van der Waals surface area (Å²) in [5, 5.41) is 3.23. The number of amides is 1. The molecule has 28 heavy (non-hydrogen) atoms. The zero-order valence-corrected chi connectivity index (χ0v) is 18.2. The van der Waals surface area contributed by atoms with Gasteiger partial charge in [-0.05, 0) is 53.0 Å². The molecule has 3 heteroatoms.